The van der Waals surface area contributed by atoms with Crippen LogP contribution in [0.3, 0.4) is 0 Å². The van der Waals surface area contributed by atoms with E-state index < -0.39 is 20.3 Å². The lowest BCUT2D eigenvalue weighted by Gasteiger charge is -2.20. The molecule has 92 valence electrons. The molecule has 0 saturated carbocycles. The van der Waals surface area contributed by atoms with E-state index >= 15 is 0 Å². The van der Waals surface area contributed by atoms with Crippen LogP contribution in [0.5, 0.6) is 5.75 Å². The van der Waals surface area contributed by atoms with Crippen molar-refractivity contribution < 1.29 is 24.2 Å². The molecule has 0 aromatic heterocycles. The molecule has 0 fully saturated rings. The van der Waals surface area contributed by atoms with Crippen molar-refractivity contribution in [1.82, 2.24) is 0 Å². The van der Waals surface area contributed by atoms with E-state index in [1.165, 1.54) is 18.2 Å². The van der Waals surface area contributed by atoms with Gasteiger partial charge in [0.15, 0.2) is 0 Å². The fourth-order valence-electron chi connectivity index (χ4n) is 1.25. The van der Waals surface area contributed by atoms with Gasteiger partial charge in [-0.1, -0.05) is 0 Å². The van der Waals surface area contributed by atoms with Crippen LogP contribution in [0, 0.1) is 0 Å². The summed E-state index contributed by atoms with van der Waals surface area (Å²) < 4.78 is 5.58. The van der Waals surface area contributed by atoms with Gasteiger partial charge in [-0.15, -0.1) is 0 Å². The van der Waals surface area contributed by atoms with E-state index in [1.54, 1.807) is 0 Å². The molecule has 0 saturated heterocycles. The summed E-state index contributed by atoms with van der Waals surface area (Å²) in [6.07, 6.45) is 0. The summed E-state index contributed by atoms with van der Waals surface area (Å²) >= 11 is 0. The third-order valence-electron chi connectivity index (χ3n) is 1.88. The first-order valence-electron chi connectivity index (χ1n) is 5.00. The molecule has 1 aromatic rings. The van der Waals surface area contributed by atoms with Crippen molar-refractivity contribution in [2.75, 3.05) is 0 Å². The van der Waals surface area contributed by atoms with Crippen LogP contribution in [0.4, 0.5) is 0 Å². The Morgan fingerprint density at radius 1 is 1.12 bits per heavy atom. The molecule has 1 rings (SSSR count). The Hall–Kier alpha value is -1.82. The summed E-state index contributed by atoms with van der Waals surface area (Å²) in [5.41, 5.74) is 0.000625. The number of hydrogen-bond donors (Lipinski definition) is 2. The highest BCUT2D eigenvalue weighted by Gasteiger charge is 2.21. The number of aromatic carboxylic acids is 2. The van der Waals surface area contributed by atoms with E-state index in [0.717, 1.165) is 0 Å². The van der Waals surface area contributed by atoms with Crippen LogP contribution in [0.2, 0.25) is 19.6 Å². The minimum Gasteiger partial charge on any atom is -0.544 e. The Balaban J connectivity index is 3.25. The number of rotatable bonds is 4. The van der Waals surface area contributed by atoms with Gasteiger partial charge >= 0.3 is 11.9 Å². The van der Waals surface area contributed by atoms with Gasteiger partial charge in [-0.05, 0) is 37.8 Å². The number of hydrogen-bond acceptors (Lipinski definition) is 3. The van der Waals surface area contributed by atoms with Gasteiger partial charge in [0.2, 0.25) is 8.32 Å². The summed E-state index contributed by atoms with van der Waals surface area (Å²) in [6.45, 7) is 5.68. The summed E-state index contributed by atoms with van der Waals surface area (Å²) in [7, 11) is -1.99. The van der Waals surface area contributed by atoms with Crippen LogP contribution in [0.1, 0.15) is 20.7 Å². The molecular formula is C11H14O5Si. The molecule has 5 nitrogen and oxygen atoms in total. The topological polar surface area (TPSA) is 83.8 Å². The summed E-state index contributed by atoms with van der Waals surface area (Å²) in [4.78, 5) is 21.8. The van der Waals surface area contributed by atoms with Gasteiger partial charge in [0, 0.05) is 0 Å². The molecule has 6 heteroatoms. The van der Waals surface area contributed by atoms with Crippen molar-refractivity contribution in [2.24, 2.45) is 0 Å². The lowest BCUT2D eigenvalue weighted by Crippen LogP contribution is -2.30. The largest absolute Gasteiger partial charge is 0.544 e. The van der Waals surface area contributed by atoms with Gasteiger partial charge in [-0.25, -0.2) is 9.59 Å². The lowest BCUT2D eigenvalue weighted by molar-refractivity contribution is 0.0679. The minimum atomic E-state index is -1.99. The third kappa shape index (κ3) is 3.60. The molecule has 2 N–H and O–H groups in total. The maximum atomic E-state index is 11.0. The fourth-order valence-corrected chi connectivity index (χ4v) is 2.07. The lowest BCUT2D eigenvalue weighted by atomic mass is 10.1. The highest BCUT2D eigenvalue weighted by Crippen LogP contribution is 2.24. The van der Waals surface area contributed by atoms with Crippen LogP contribution < -0.4 is 4.43 Å². The maximum absolute atomic E-state index is 11.0. The average molecular weight is 254 g/mol. The fraction of sp³-hybridized carbons (Fsp3) is 0.273. The maximum Gasteiger partial charge on any atom is 0.339 e. The predicted octanol–water partition coefficient (Wildman–Crippen LogP) is 2.30. The Morgan fingerprint density at radius 2 is 1.71 bits per heavy atom. The van der Waals surface area contributed by atoms with E-state index in [0.29, 0.717) is 0 Å². The van der Waals surface area contributed by atoms with Crippen molar-refractivity contribution in [3.05, 3.63) is 29.3 Å². The molecule has 0 amide bonds. The van der Waals surface area contributed by atoms with Crippen molar-refractivity contribution in [3.8, 4) is 5.75 Å². The molecule has 0 atom stereocenters. The summed E-state index contributed by atoms with van der Waals surface area (Å²) in [5.74, 6) is -2.12. The van der Waals surface area contributed by atoms with E-state index in [-0.39, 0.29) is 16.9 Å². The number of carboxylic acids is 2. The molecule has 0 radical (unpaired) electrons. The normalized spacial score (nSPS) is 11.0. The second-order valence-corrected chi connectivity index (χ2v) is 8.96. The molecule has 0 aliphatic carbocycles. The molecule has 0 aliphatic rings. The number of benzene rings is 1. The standard InChI is InChI=1S/C11H14O5Si/c1-17(2,3)16-9-6-7(10(12)13)4-5-8(9)11(14)15/h4-6H,1-3H3,(H,12,13)(H,14,15). The second-order valence-electron chi connectivity index (χ2n) is 4.54. The van der Waals surface area contributed by atoms with Crippen LogP contribution in [-0.4, -0.2) is 30.5 Å². The smallest absolute Gasteiger partial charge is 0.339 e. The number of carbonyl (C=O) groups is 2. The summed E-state index contributed by atoms with van der Waals surface area (Å²) in [5, 5.41) is 17.8. The van der Waals surface area contributed by atoms with Gasteiger partial charge in [0.1, 0.15) is 11.3 Å². The van der Waals surface area contributed by atoms with E-state index in [2.05, 4.69) is 0 Å². The van der Waals surface area contributed by atoms with Gasteiger partial charge < -0.3 is 14.6 Å². The molecule has 0 bridgehead atoms. The van der Waals surface area contributed by atoms with Crippen molar-refractivity contribution in [1.29, 1.82) is 0 Å². The van der Waals surface area contributed by atoms with Crippen LogP contribution in [-0.2, 0) is 0 Å². The molecule has 0 spiro atoms. The Bertz CT molecular complexity index is 461. The molecule has 0 unspecified atom stereocenters. The Morgan fingerprint density at radius 3 is 2.12 bits per heavy atom. The Kier molecular flexibility index (Phi) is 3.57. The zero-order chi connectivity index (χ0) is 13.2. The first-order valence-corrected chi connectivity index (χ1v) is 8.41. The van der Waals surface area contributed by atoms with Gasteiger partial charge in [0.25, 0.3) is 0 Å². The molecule has 0 aliphatic heterocycles. The third-order valence-corrected chi connectivity index (χ3v) is 2.71. The SMILES string of the molecule is C[Si](C)(C)Oc1cc(C(=O)O)ccc1C(=O)O. The predicted molar refractivity (Wildman–Crippen MR) is 64.3 cm³/mol. The zero-order valence-corrected chi connectivity index (χ0v) is 10.9. The highest BCUT2D eigenvalue weighted by atomic mass is 28.4. The molecule has 1 aromatic carbocycles. The number of carboxylic acid groups (broad SMARTS) is 2. The van der Waals surface area contributed by atoms with Crippen molar-refractivity contribution >= 4 is 20.3 Å². The van der Waals surface area contributed by atoms with Crippen molar-refractivity contribution in [2.45, 2.75) is 19.6 Å². The van der Waals surface area contributed by atoms with Gasteiger partial charge in [-0.3, -0.25) is 0 Å². The highest BCUT2D eigenvalue weighted by molar-refractivity contribution is 6.70. The Labute approximate surface area is 99.8 Å². The van der Waals surface area contributed by atoms with Gasteiger partial charge in [0.05, 0.1) is 5.56 Å². The first kappa shape index (κ1) is 13.2. The van der Waals surface area contributed by atoms with Crippen LogP contribution in [0.15, 0.2) is 18.2 Å². The van der Waals surface area contributed by atoms with E-state index in [9.17, 15) is 9.59 Å². The summed E-state index contributed by atoms with van der Waals surface area (Å²) in [6, 6.07) is 3.76. The van der Waals surface area contributed by atoms with E-state index in [4.69, 9.17) is 14.6 Å². The van der Waals surface area contributed by atoms with Crippen LogP contribution in [0.25, 0.3) is 0 Å². The average Bonchev–Trinajstić information content (AvgIpc) is 2.14. The second kappa shape index (κ2) is 4.58. The quantitative estimate of drug-likeness (QED) is 0.805. The first-order chi connectivity index (χ1) is 7.70. The zero-order valence-electron chi connectivity index (χ0n) is 9.85. The molecular weight excluding hydrogens is 240 g/mol. The van der Waals surface area contributed by atoms with Crippen LogP contribution >= 0.6 is 0 Å². The van der Waals surface area contributed by atoms with E-state index in [1.807, 2.05) is 19.6 Å². The molecule has 17 heavy (non-hydrogen) atoms. The van der Waals surface area contributed by atoms with Crippen molar-refractivity contribution in [3.63, 3.8) is 0 Å². The minimum absolute atomic E-state index is 0.0163. The molecule has 0 heterocycles. The van der Waals surface area contributed by atoms with Gasteiger partial charge in [-0.2, -0.15) is 0 Å². The monoisotopic (exact) mass is 254 g/mol.